The van der Waals surface area contributed by atoms with Crippen molar-refractivity contribution in [2.45, 2.75) is 26.2 Å². The molecule has 0 spiro atoms. The number of aromatic nitrogens is 1. The van der Waals surface area contributed by atoms with Gasteiger partial charge in [-0.25, -0.2) is 0 Å². The van der Waals surface area contributed by atoms with E-state index in [1.165, 1.54) is 0 Å². The first-order valence-corrected chi connectivity index (χ1v) is 10.5. The summed E-state index contributed by atoms with van der Waals surface area (Å²) in [5.74, 6) is 0.788. The molecule has 0 aliphatic carbocycles. The van der Waals surface area contributed by atoms with E-state index in [0.717, 1.165) is 5.56 Å². The molecule has 0 aliphatic rings. The zero-order valence-electron chi connectivity index (χ0n) is 18.5. The van der Waals surface area contributed by atoms with Crippen LogP contribution in [0.3, 0.4) is 0 Å². The van der Waals surface area contributed by atoms with Crippen molar-refractivity contribution >= 4 is 11.7 Å². The minimum Gasteiger partial charge on any atom is -0.497 e. The van der Waals surface area contributed by atoms with Crippen molar-refractivity contribution in [3.63, 3.8) is 0 Å². The number of ketones is 1. The smallest absolute Gasteiger partial charge is 0.218 e. The first-order valence-electron chi connectivity index (χ1n) is 10.5. The second kappa shape index (κ2) is 10.5. The number of benzene rings is 2. The molecule has 1 amide bonds. The van der Waals surface area contributed by atoms with Gasteiger partial charge in [0.2, 0.25) is 5.91 Å². The van der Waals surface area contributed by atoms with Crippen LogP contribution in [0.15, 0.2) is 54.7 Å². The molecule has 0 fully saturated rings. The first kappa shape index (κ1) is 22.9. The number of hydrogen-bond acceptors (Lipinski definition) is 5. The number of nitrogens with one attached hydrogen (secondary N) is 1. The number of carbonyl (C=O) groups excluding carboxylic acids is 2. The van der Waals surface area contributed by atoms with E-state index in [2.05, 4.69) is 4.98 Å². The van der Waals surface area contributed by atoms with E-state index in [-0.39, 0.29) is 12.2 Å². The van der Waals surface area contributed by atoms with E-state index in [1.807, 2.05) is 32.0 Å². The second-order valence-corrected chi connectivity index (χ2v) is 7.16. The number of H-pyrrole nitrogens is 1. The van der Waals surface area contributed by atoms with Gasteiger partial charge < -0.3 is 24.9 Å². The van der Waals surface area contributed by atoms with Gasteiger partial charge in [-0.3, -0.25) is 9.59 Å². The van der Waals surface area contributed by atoms with Gasteiger partial charge in [0.1, 0.15) is 5.75 Å². The number of rotatable bonds is 11. The van der Waals surface area contributed by atoms with Crippen molar-refractivity contribution in [2.75, 3.05) is 20.3 Å². The summed E-state index contributed by atoms with van der Waals surface area (Å²) >= 11 is 0. The molecule has 7 nitrogen and oxygen atoms in total. The molecule has 3 aromatic rings. The van der Waals surface area contributed by atoms with Crippen LogP contribution in [0.5, 0.6) is 17.2 Å². The molecule has 0 saturated carbocycles. The van der Waals surface area contributed by atoms with Crippen LogP contribution in [0.4, 0.5) is 0 Å². The van der Waals surface area contributed by atoms with Crippen molar-refractivity contribution in [1.29, 1.82) is 0 Å². The lowest BCUT2D eigenvalue weighted by Gasteiger charge is -2.19. The summed E-state index contributed by atoms with van der Waals surface area (Å²) in [6, 6.07) is 14.1. The molecule has 2 aromatic carbocycles. The van der Waals surface area contributed by atoms with Crippen LogP contribution in [0, 0.1) is 0 Å². The minimum absolute atomic E-state index is 0.0307. The Morgan fingerprint density at radius 2 is 1.66 bits per heavy atom. The lowest BCUT2D eigenvalue weighted by Crippen LogP contribution is -2.18. The third kappa shape index (κ3) is 5.11. The minimum atomic E-state index is -0.473. The highest BCUT2D eigenvalue weighted by Crippen LogP contribution is 2.36. The fourth-order valence-electron chi connectivity index (χ4n) is 3.64. The predicted octanol–water partition coefficient (Wildman–Crippen LogP) is 4.06. The maximum absolute atomic E-state index is 13.2. The van der Waals surface area contributed by atoms with Gasteiger partial charge >= 0.3 is 0 Å². The average molecular weight is 437 g/mol. The Hall–Kier alpha value is -3.74. The maximum Gasteiger partial charge on any atom is 0.218 e. The predicted molar refractivity (Wildman–Crippen MR) is 122 cm³/mol. The van der Waals surface area contributed by atoms with Gasteiger partial charge in [0, 0.05) is 35.4 Å². The molecule has 1 aromatic heterocycles. The maximum atomic E-state index is 13.2. The van der Waals surface area contributed by atoms with Crippen LogP contribution < -0.4 is 19.9 Å². The molecule has 3 N–H and O–H groups in total. The van der Waals surface area contributed by atoms with Crippen LogP contribution in [0.25, 0.3) is 0 Å². The number of aromatic amines is 1. The van der Waals surface area contributed by atoms with E-state index in [4.69, 9.17) is 19.9 Å². The van der Waals surface area contributed by atoms with Gasteiger partial charge in [-0.2, -0.15) is 0 Å². The number of ether oxygens (including phenoxy) is 3. The SMILES string of the molecule is CCOc1ccc(C(CC(N)=O)c2[nH]ccc2C(=O)c2ccc(OC)cc2)cc1OCC. The molecule has 0 radical (unpaired) electrons. The topological polar surface area (TPSA) is 104 Å². The van der Waals surface area contributed by atoms with Crippen LogP contribution in [0.2, 0.25) is 0 Å². The Balaban J connectivity index is 2.02. The quantitative estimate of drug-likeness (QED) is 0.441. The lowest BCUT2D eigenvalue weighted by atomic mass is 9.88. The highest BCUT2D eigenvalue weighted by molar-refractivity contribution is 6.10. The highest BCUT2D eigenvalue weighted by atomic mass is 16.5. The zero-order valence-corrected chi connectivity index (χ0v) is 18.5. The molecular weight excluding hydrogens is 408 g/mol. The summed E-state index contributed by atoms with van der Waals surface area (Å²) in [7, 11) is 1.57. The number of carbonyl (C=O) groups is 2. The Morgan fingerprint density at radius 3 is 2.28 bits per heavy atom. The molecule has 0 saturated heterocycles. The van der Waals surface area contributed by atoms with Crippen molar-refractivity contribution < 1.29 is 23.8 Å². The van der Waals surface area contributed by atoms with Crippen molar-refractivity contribution in [3.05, 3.63) is 77.1 Å². The van der Waals surface area contributed by atoms with E-state index in [1.54, 1.807) is 43.6 Å². The third-order valence-electron chi connectivity index (χ3n) is 5.10. The van der Waals surface area contributed by atoms with Crippen LogP contribution in [0.1, 0.15) is 53.4 Å². The molecular formula is C25H28N2O5. The van der Waals surface area contributed by atoms with E-state index < -0.39 is 11.8 Å². The number of nitrogens with two attached hydrogens (primary N) is 1. The monoisotopic (exact) mass is 436 g/mol. The molecule has 0 aliphatic heterocycles. The molecule has 168 valence electrons. The fourth-order valence-corrected chi connectivity index (χ4v) is 3.64. The van der Waals surface area contributed by atoms with Crippen molar-refractivity contribution in [2.24, 2.45) is 5.73 Å². The second-order valence-electron chi connectivity index (χ2n) is 7.16. The third-order valence-corrected chi connectivity index (χ3v) is 5.10. The summed E-state index contributed by atoms with van der Waals surface area (Å²) in [5.41, 5.74) is 7.99. The van der Waals surface area contributed by atoms with E-state index in [0.29, 0.717) is 47.3 Å². The van der Waals surface area contributed by atoms with Crippen molar-refractivity contribution in [1.82, 2.24) is 4.98 Å². The number of methoxy groups -OCH3 is 1. The standard InChI is InChI=1S/C25H28N2O5/c1-4-31-21-11-8-17(14-22(21)32-5-2)20(15-23(26)28)24-19(12-13-27-24)25(29)16-6-9-18(30-3)10-7-16/h6-14,20,27H,4-5,15H2,1-3H3,(H2,26,28). The molecule has 3 rings (SSSR count). The Morgan fingerprint density at radius 1 is 0.969 bits per heavy atom. The molecule has 32 heavy (non-hydrogen) atoms. The lowest BCUT2D eigenvalue weighted by molar-refractivity contribution is -0.118. The Bertz CT molecular complexity index is 1070. The Kier molecular flexibility index (Phi) is 7.54. The summed E-state index contributed by atoms with van der Waals surface area (Å²) in [6.45, 7) is 4.75. The molecule has 7 heteroatoms. The van der Waals surface area contributed by atoms with Crippen LogP contribution in [-0.4, -0.2) is 37.0 Å². The van der Waals surface area contributed by atoms with Crippen molar-refractivity contribution in [3.8, 4) is 17.2 Å². The average Bonchev–Trinajstić information content (AvgIpc) is 3.28. The summed E-state index contributed by atoms with van der Waals surface area (Å²) < 4.78 is 16.6. The summed E-state index contributed by atoms with van der Waals surface area (Å²) in [5, 5.41) is 0. The largest absolute Gasteiger partial charge is 0.497 e. The Labute approximate surface area is 187 Å². The number of amides is 1. The van der Waals surface area contributed by atoms with E-state index >= 15 is 0 Å². The van der Waals surface area contributed by atoms with E-state index in [9.17, 15) is 9.59 Å². The summed E-state index contributed by atoms with van der Waals surface area (Å²) in [4.78, 5) is 28.3. The number of primary amides is 1. The van der Waals surface area contributed by atoms with Gasteiger partial charge in [0.15, 0.2) is 17.3 Å². The molecule has 1 heterocycles. The molecule has 1 unspecified atom stereocenters. The normalized spacial score (nSPS) is 11.6. The van der Waals surface area contributed by atoms with Crippen LogP contribution >= 0.6 is 0 Å². The zero-order chi connectivity index (χ0) is 23.1. The summed E-state index contributed by atoms with van der Waals surface area (Å²) in [6.07, 6.45) is 1.72. The molecule has 1 atom stereocenters. The fraction of sp³-hybridized carbons (Fsp3) is 0.280. The van der Waals surface area contributed by atoms with Gasteiger partial charge in [-0.1, -0.05) is 6.07 Å². The van der Waals surface area contributed by atoms with Gasteiger partial charge in [-0.05, 0) is 61.9 Å². The first-order chi connectivity index (χ1) is 15.5. The van der Waals surface area contributed by atoms with Gasteiger partial charge in [-0.15, -0.1) is 0 Å². The molecule has 0 bridgehead atoms. The van der Waals surface area contributed by atoms with Gasteiger partial charge in [0.25, 0.3) is 0 Å². The van der Waals surface area contributed by atoms with Crippen LogP contribution in [-0.2, 0) is 4.79 Å². The van der Waals surface area contributed by atoms with Gasteiger partial charge in [0.05, 0.1) is 20.3 Å². The number of hydrogen-bond donors (Lipinski definition) is 2. The highest BCUT2D eigenvalue weighted by Gasteiger charge is 2.26.